The standard InChI is InChI=1S/C22H34N6O6S/c1-9-17-16(10(2)29)20(32)28(17)18(21(33)34)19(9)35-12-5-13(25-7-12)14(30)6-15(31)26-11-3-4-27(8-11)22(23)24/h9-14,16-17,25,29-30H,3-8H2,1-2H3,(H3,23,24)(H,26,31)(H,33,34)/t9-,10-,11+,12+,13+,14?,16-,17-/m1/s1. The third kappa shape index (κ3) is 4.86. The van der Waals surface area contributed by atoms with Crippen molar-refractivity contribution in [2.75, 3.05) is 19.6 Å². The van der Waals surface area contributed by atoms with E-state index >= 15 is 0 Å². The molecule has 0 aromatic heterocycles. The number of guanidine groups is 1. The molecule has 0 radical (unpaired) electrons. The molecule has 0 bridgehead atoms. The molecule has 0 spiro atoms. The van der Waals surface area contributed by atoms with Crippen LogP contribution in [-0.2, 0) is 14.4 Å². The first-order valence-electron chi connectivity index (χ1n) is 11.9. The van der Waals surface area contributed by atoms with E-state index in [1.807, 2.05) is 6.92 Å². The van der Waals surface area contributed by atoms with Crippen molar-refractivity contribution in [3.05, 3.63) is 10.6 Å². The number of likely N-dealkylation sites (tertiary alicyclic amines) is 1. The second-order valence-electron chi connectivity index (χ2n) is 9.92. The summed E-state index contributed by atoms with van der Waals surface area (Å²) < 4.78 is 0. The first-order valence-corrected chi connectivity index (χ1v) is 12.8. The van der Waals surface area contributed by atoms with E-state index in [0.717, 1.165) is 0 Å². The Bertz CT molecular complexity index is 943. The molecule has 4 aliphatic rings. The van der Waals surface area contributed by atoms with Crippen LogP contribution in [0.1, 0.15) is 33.1 Å². The number of fused-ring (bicyclic) bond motifs is 1. The number of carbonyl (C=O) groups is 3. The van der Waals surface area contributed by atoms with Gasteiger partial charge in [0, 0.05) is 47.8 Å². The van der Waals surface area contributed by atoms with Gasteiger partial charge in [-0.3, -0.25) is 15.0 Å². The predicted molar refractivity (Wildman–Crippen MR) is 128 cm³/mol. The number of nitrogens with one attached hydrogen (secondary N) is 3. The Morgan fingerprint density at radius 2 is 2.09 bits per heavy atom. The molecule has 13 heteroatoms. The number of nitrogens with two attached hydrogens (primary N) is 1. The molecular formula is C22H34N6O6S. The third-order valence-corrected chi connectivity index (χ3v) is 8.99. The zero-order valence-electron chi connectivity index (χ0n) is 19.8. The van der Waals surface area contributed by atoms with Crippen LogP contribution in [0.15, 0.2) is 10.6 Å². The van der Waals surface area contributed by atoms with Gasteiger partial charge < -0.3 is 41.5 Å². The zero-order chi connectivity index (χ0) is 25.6. The molecule has 4 aliphatic heterocycles. The maximum absolute atomic E-state index is 12.5. The minimum atomic E-state index is -1.16. The van der Waals surface area contributed by atoms with Gasteiger partial charge in [-0.15, -0.1) is 11.8 Å². The summed E-state index contributed by atoms with van der Waals surface area (Å²) in [6.45, 7) is 5.06. The van der Waals surface area contributed by atoms with Gasteiger partial charge in [-0.25, -0.2) is 4.79 Å². The highest BCUT2D eigenvalue weighted by Crippen LogP contribution is 2.51. The van der Waals surface area contributed by atoms with Crippen molar-refractivity contribution < 1.29 is 29.7 Å². The predicted octanol–water partition coefficient (Wildman–Crippen LogP) is -1.56. The number of hydrogen-bond acceptors (Lipinski definition) is 8. The molecule has 4 rings (SSSR count). The van der Waals surface area contributed by atoms with Gasteiger partial charge in [0.05, 0.1) is 30.6 Å². The molecule has 0 aliphatic carbocycles. The maximum Gasteiger partial charge on any atom is 0.353 e. The summed E-state index contributed by atoms with van der Waals surface area (Å²) in [5.74, 6) is -2.61. The second-order valence-corrected chi connectivity index (χ2v) is 11.3. The van der Waals surface area contributed by atoms with Gasteiger partial charge in [0.2, 0.25) is 11.8 Å². The highest BCUT2D eigenvalue weighted by Gasteiger charge is 2.60. The molecule has 3 saturated heterocycles. The van der Waals surface area contributed by atoms with E-state index in [4.69, 9.17) is 11.1 Å². The number of rotatable bonds is 8. The lowest BCUT2D eigenvalue weighted by Crippen LogP contribution is -2.63. The number of thioether (sulfide) groups is 1. The summed E-state index contributed by atoms with van der Waals surface area (Å²) in [7, 11) is 0. The van der Waals surface area contributed by atoms with Gasteiger partial charge in [0.15, 0.2) is 5.96 Å². The zero-order valence-corrected chi connectivity index (χ0v) is 20.6. The van der Waals surface area contributed by atoms with Gasteiger partial charge in [0.1, 0.15) is 5.70 Å². The van der Waals surface area contributed by atoms with Crippen LogP contribution in [-0.4, -0.2) is 104 Å². The minimum Gasteiger partial charge on any atom is -0.477 e. The van der Waals surface area contributed by atoms with Crippen LogP contribution in [0.4, 0.5) is 0 Å². The molecular weight excluding hydrogens is 476 g/mol. The molecule has 8 atom stereocenters. The summed E-state index contributed by atoms with van der Waals surface area (Å²) in [6.07, 6.45) is -0.578. The fraction of sp³-hybridized carbons (Fsp3) is 0.727. The number of carboxylic acid groups (broad SMARTS) is 1. The Hall–Kier alpha value is -2.35. The third-order valence-electron chi connectivity index (χ3n) is 7.48. The fourth-order valence-corrected chi connectivity index (χ4v) is 7.18. The highest BCUT2D eigenvalue weighted by molar-refractivity contribution is 8.03. The molecule has 12 nitrogen and oxygen atoms in total. The Morgan fingerprint density at radius 3 is 2.69 bits per heavy atom. The molecule has 1 unspecified atom stereocenters. The second kappa shape index (κ2) is 9.96. The average molecular weight is 511 g/mol. The molecule has 194 valence electrons. The van der Waals surface area contributed by atoms with Gasteiger partial charge in [-0.05, 0) is 19.8 Å². The fourth-order valence-electron chi connectivity index (χ4n) is 5.69. The number of aliphatic hydroxyl groups is 2. The Morgan fingerprint density at radius 1 is 1.37 bits per heavy atom. The van der Waals surface area contributed by atoms with Crippen molar-refractivity contribution in [1.29, 1.82) is 5.41 Å². The topological polar surface area (TPSA) is 192 Å². The van der Waals surface area contributed by atoms with Crippen molar-refractivity contribution in [2.24, 2.45) is 17.6 Å². The number of aliphatic hydroxyl groups excluding tert-OH is 2. The summed E-state index contributed by atoms with van der Waals surface area (Å²) >= 11 is 1.40. The number of hydrogen-bond donors (Lipinski definition) is 7. The van der Waals surface area contributed by atoms with Crippen molar-refractivity contribution in [3.63, 3.8) is 0 Å². The van der Waals surface area contributed by atoms with Crippen molar-refractivity contribution in [1.82, 2.24) is 20.4 Å². The van der Waals surface area contributed by atoms with E-state index in [2.05, 4.69) is 10.6 Å². The van der Waals surface area contributed by atoms with Crippen LogP contribution < -0.4 is 16.4 Å². The van der Waals surface area contributed by atoms with Gasteiger partial charge in [-0.2, -0.15) is 0 Å². The minimum absolute atomic E-state index is 0.00561. The first-order chi connectivity index (χ1) is 16.5. The van der Waals surface area contributed by atoms with E-state index in [1.54, 1.807) is 11.8 Å². The Kier molecular flexibility index (Phi) is 7.32. The average Bonchev–Trinajstić information content (AvgIpc) is 3.47. The smallest absolute Gasteiger partial charge is 0.353 e. The van der Waals surface area contributed by atoms with Gasteiger partial charge in [0.25, 0.3) is 0 Å². The molecule has 8 N–H and O–H groups in total. The molecule has 0 aromatic carbocycles. The summed E-state index contributed by atoms with van der Waals surface area (Å²) in [5.41, 5.74) is 5.48. The number of amides is 2. The first kappa shape index (κ1) is 25.7. The number of aliphatic carboxylic acids is 1. The normalized spacial score (nSPS) is 34.0. The highest BCUT2D eigenvalue weighted by atomic mass is 32.2. The summed E-state index contributed by atoms with van der Waals surface area (Å²) in [6, 6.07) is -0.780. The lowest BCUT2D eigenvalue weighted by Gasteiger charge is -2.46. The Labute approximate surface area is 207 Å². The van der Waals surface area contributed by atoms with Crippen molar-refractivity contribution >= 4 is 35.5 Å². The van der Waals surface area contributed by atoms with Crippen LogP contribution in [0.5, 0.6) is 0 Å². The molecule has 0 aromatic rings. The largest absolute Gasteiger partial charge is 0.477 e. The Balaban J connectivity index is 1.32. The van der Waals surface area contributed by atoms with E-state index in [0.29, 0.717) is 37.4 Å². The molecule has 4 heterocycles. The monoisotopic (exact) mass is 510 g/mol. The van der Waals surface area contributed by atoms with Crippen LogP contribution >= 0.6 is 11.8 Å². The van der Waals surface area contributed by atoms with Crippen LogP contribution in [0, 0.1) is 17.2 Å². The molecule has 2 amide bonds. The SMILES string of the molecule is C[C@@H](O)[C@H]1C(=O)N2C(C(=O)O)=C(S[C@@H]3CN[C@H](C(O)CC(=O)N[C@H]4CCN(C(=N)N)C4)C3)[C@H](C)[C@H]12. The van der Waals surface area contributed by atoms with Gasteiger partial charge in [-0.1, -0.05) is 6.92 Å². The van der Waals surface area contributed by atoms with Crippen LogP contribution in [0.2, 0.25) is 0 Å². The number of carboxylic acids is 1. The van der Waals surface area contributed by atoms with Gasteiger partial charge >= 0.3 is 5.97 Å². The molecule has 35 heavy (non-hydrogen) atoms. The number of nitrogens with zero attached hydrogens (tertiary/aromatic N) is 2. The number of carbonyl (C=O) groups excluding carboxylic acids is 2. The van der Waals surface area contributed by atoms with E-state index in [9.17, 15) is 29.7 Å². The van der Waals surface area contributed by atoms with E-state index in [1.165, 1.54) is 16.7 Å². The summed E-state index contributed by atoms with van der Waals surface area (Å²) in [4.78, 5) is 40.5. The van der Waals surface area contributed by atoms with E-state index < -0.39 is 24.1 Å². The van der Waals surface area contributed by atoms with Crippen LogP contribution in [0.25, 0.3) is 0 Å². The van der Waals surface area contributed by atoms with Crippen LogP contribution in [0.3, 0.4) is 0 Å². The molecule has 3 fully saturated rings. The van der Waals surface area contributed by atoms with Crippen molar-refractivity contribution in [2.45, 2.75) is 68.7 Å². The lowest BCUT2D eigenvalue weighted by molar-refractivity contribution is -0.163. The van der Waals surface area contributed by atoms with E-state index in [-0.39, 0.29) is 59.2 Å². The maximum atomic E-state index is 12.5. The van der Waals surface area contributed by atoms with Crippen molar-refractivity contribution in [3.8, 4) is 0 Å². The summed E-state index contributed by atoms with van der Waals surface area (Å²) in [5, 5.41) is 44.0. The lowest BCUT2D eigenvalue weighted by atomic mass is 9.79. The quantitative estimate of drug-likeness (QED) is 0.114. The number of β-lactam (4-membered cyclic amide) rings is 1. The molecule has 0 saturated carbocycles.